The Morgan fingerprint density at radius 2 is 1.90 bits per heavy atom. The molecule has 3 rings (SSSR count). The first kappa shape index (κ1) is 20.1. The van der Waals surface area contributed by atoms with Crippen molar-refractivity contribution in [3.63, 3.8) is 0 Å². The van der Waals surface area contributed by atoms with Crippen LogP contribution in [0.3, 0.4) is 0 Å². The maximum absolute atomic E-state index is 12.5. The smallest absolute Gasteiger partial charge is 0.270 e. The van der Waals surface area contributed by atoms with Gasteiger partial charge in [-0.3, -0.25) is 29.4 Å². The van der Waals surface area contributed by atoms with Gasteiger partial charge in [-0.1, -0.05) is 20.8 Å². The molecule has 0 radical (unpaired) electrons. The summed E-state index contributed by atoms with van der Waals surface area (Å²) >= 11 is 0. The van der Waals surface area contributed by atoms with E-state index in [4.69, 9.17) is 0 Å². The minimum absolute atomic E-state index is 0.0416. The van der Waals surface area contributed by atoms with E-state index in [1.54, 1.807) is 6.20 Å². The van der Waals surface area contributed by atoms with Crippen LogP contribution in [0.25, 0.3) is 0 Å². The topological polar surface area (TPSA) is 135 Å². The number of nitro benzene ring substituents is 1. The number of hydrogen-bond donors (Lipinski definition) is 1. The number of aromatic nitrogens is 2. The molecule has 150 valence electrons. The summed E-state index contributed by atoms with van der Waals surface area (Å²) in [7, 11) is 0. The highest BCUT2D eigenvalue weighted by Gasteiger charge is 2.37. The average Bonchev–Trinajstić information content (AvgIpc) is 2.90. The summed E-state index contributed by atoms with van der Waals surface area (Å²) in [5.41, 5.74) is 0.922. The molecule has 0 aliphatic carbocycles. The number of carbonyl (C=O) groups excluding carboxylic acids is 3. The molecule has 1 aliphatic rings. The maximum Gasteiger partial charge on any atom is 0.270 e. The fourth-order valence-corrected chi connectivity index (χ4v) is 3.09. The molecule has 10 nitrogen and oxygen atoms in total. The molecule has 0 saturated heterocycles. The van der Waals surface area contributed by atoms with Crippen LogP contribution >= 0.6 is 0 Å². The third-order valence-electron chi connectivity index (χ3n) is 4.44. The lowest BCUT2D eigenvalue weighted by atomic mass is 9.89. The monoisotopic (exact) mass is 397 g/mol. The van der Waals surface area contributed by atoms with Gasteiger partial charge in [0.2, 0.25) is 5.91 Å². The molecular formula is C19H19N5O5. The molecule has 2 aromatic rings. The molecule has 29 heavy (non-hydrogen) atoms. The molecule has 0 spiro atoms. The van der Waals surface area contributed by atoms with E-state index in [1.807, 2.05) is 20.8 Å². The summed E-state index contributed by atoms with van der Waals surface area (Å²) in [6.07, 6.45) is 3.04. The molecule has 1 aromatic carbocycles. The van der Waals surface area contributed by atoms with E-state index < -0.39 is 29.2 Å². The Labute approximate surface area is 166 Å². The van der Waals surface area contributed by atoms with Gasteiger partial charge in [-0.05, 0) is 6.07 Å². The molecule has 0 atom stereocenters. The molecule has 0 fully saturated rings. The van der Waals surface area contributed by atoms with Crippen molar-refractivity contribution in [2.75, 3.05) is 6.54 Å². The zero-order valence-electron chi connectivity index (χ0n) is 16.1. The van der Waals surface area contributed by atoms with Crippen LogP contribution in [0.1, 0.15) is 52.7 Å². The van der Waals surface area contributed by atoms with Crippen LogP contribution in [-0.2, 0) is 16.8 Å². The summed E-state index contributed by atoms with van der Waals surface area (Å²) in [4.78, 5) is 56.5. The molecule has 0 saturated carbocycles. The number of hydrogen-bond acceptors (Lipinski definition) is 7. The molecule has 1 aromatic heterocycles. The van der Waals surface area contributed by atoms with Crippen LogP contribution in [0.5, 0.6) is 0 Å². The van der Waals surface area contributed by atoms with Gasteiger partial charge in [-0.15, -0.1) is 0 Å². The number of nitrogens with zero attached hydrogens (tertiary/aromatic N) is 4. The second kappa shape index (κ2) is 7.38. The van der Waals surface area contributed by atoms with E-state index >= 15 is 0 Å². The number of rotatable bonds is 5. The predicted molar refractivity (Wildman–Crippen MR) is 101 cm³/mol. The normalized spacial score (nSPS) is 13.4. The van der Waals surface area contributed by atoms with E-state index in [0.29, 0.717) is 0 Å². The fraction of sp³-hybridized carbons (Fsp3) is 0.316. The van der Waals surface area contributed by atoms with Gasteiger partial charge in [0.1, 0.15) is 12.9 Å². The summed E-state index contributed by atoms with van der Waals surface area (Å²) in [6.45, 7) is 5.61. The first-order chi connectivity index (χ1) is 13.6. The molecule has 10 heteroatoms. The minimum atomic E-state index is -0.734. The van der Waals surface area contributed by atoms with Gasteiger partial charge in [0.05, 0.1) is 21.7 Å². The van der Waals surface area contributed by atoms with Gasteiger partial charge >= 0.3 is 0 Å². The first-order valence-corrected chi connectivity index (χ1v) is 8.80. The van der Waals surface area contributed by atoms with E-state index in [2.05, 4.69) is 15.3 Å². The Hall–Kier alpha value is -3.69. The fourth-order valence-electron chi connectivity index (χ4n) is 3.09. The number of benzene rings is 1. The summed E-state index contributed by atoms with van der Waals surface area (Å²) in [5.74, 6) is -1.94. The Morgan fingerprint density at radius 1 is 1.21 bits per heavy atom. The van der Waals surface area contributed by atoms with Crippen LogP contribution in [-0.4, -0.2) is 44.1 Å². The summed E-state index contributed by atoms with van der Waals surface area (Å²) in [6, 6.07) is 3.42. The molecule has 2 heterocycles. The Kier molecular flexibility index (Phi) is 5.10. The highest BCUT2D eigenvalue weighted by Crippen LogP contribution is 2.26. The number of non-ortho nitro benzene ring substituents is 1. The van der Waals surface area contributed by atoms with Gasteiger partial charge in [0.15, 0.2) is 0 Å². The zero-order chi connectivity index (χ0) is 21.3. The standard InChI is InChI=1S/C19H19N5O5/c1-19(2,3)16-11(7-20-10-22-16)8-21-15(25)9-23-17(26)13-5-4-12(24(28)29)6-14(13)18(23)27/h4-7,10H,8-9H2,1-3H3,(H,21,25). The van der Waals surface area contributed by atoms with Crippen molar-refractivity contribution in [2.24, 2.45) is 0 Å². The number of carbonyl (C=O) groups is 3. The second-order valence-corrected chi connectivity index (χ2v) is 7.61. The number of fused-ring (bicyclic) bond motifs is 1. The van der Waals surface area contributed by atoms with Gasteiger partial charge in [0.25, 0.3) is 17.5 Å². The van der Waals surface area contributed by atoms with Crippen molar-refractivity contribution in [3.05, 3.63) is 63.2 Å². The van der Waals surface area contributed by atoms with Crippen molar-refractivity contribution in [3.8, 4) is 0 Å². The van der Waals surface area contributed by atoms with Gasteiger partial charge in [0, 0.05) is 35.9 Å². The highest BCUT2D eigenvalue weighted by molar-refractivity contribution is 6.22. The lowest BCUT2D eigenvalue weighted by Crippen LogP contribution is -2.40. The quantitative estimate of drug-likeness (QED) is 0.460. The molecule has 1 aliphatic heterocycles. The van der Waals surface area contributed by atoms with Crippen LogP contribution in [0.2, 0.25) is 0 Å². The average molecular weight is 397 g/mol. The third kappa shape index (κ3) is 3.96. The summed E-state index contributed by atoms with van der Waals surface area (Å²) < 4.78 is 0. The van der Waals surface area contributed by atoms with Crippen LogP contribution < -0.4 is 5.32 Å². The Bertz CT molecular complexity index is 1030. The van der Waals surface area contributed by atoms with Crippen LogP contribution in [0, 0.1) is 10.1 Å². The van der Waals surface area contributed by atoms with Gasteiger partial charge in [-0.25, -0.2) is 9.97 Å². The largest absolute Gasteiger partial charge is 0.350 e. The van der Waals surface area contributed by atoms with E-state index in [0.717, 1.165) is 28.3 Å². The SMILES string of the molecule is CC(C)(C)c1ncncc1CNC(=O)CN1C(=O)c2ccc([N+](=O)[O-])cc2C1=O. The van der Waals surface area contributed by atoms with Crippen molar-refractivity contribution in [1.82, 2.24) is 20.2 Å². The maximum atomic E-state index is 12.5. The highest BCUT2D eigenvalue weighted by atomic mass is 16.6. The number of nitro groups is 1. The predicted octanol–water partition coefficient (Wildman–Crippen LogP) is 1.59. The molecule has 3 amide bonds. The molecular weight excluding hydrogens is 378 g/mol. The first-order valence-electron chi connectivity index (χ1n) is 8.80. The van der Waals surface area contributed by atoms with E-state index in [-0.39, 0.29) is 28.8 Å². The lowest BCUT2D eigenvalue weighted by Gasteiger charge is -2.21. The molecule has 1 N–H and O–H groups in total. The van der Waals surface area contributed by atoms with Crippen molar-refractivity contribution in [1.29, 1.82) is 0 Å². The van der Waals surface area contributed by atoms with Gasteiger partial charge in [-0.2, -0.15) is 0 Å². The second-order valence-electron chi connectivity index (χ2n) is 7.61. The number of amides is 3. The molecule has 0 unspecified atom stereocenters. The Balaban J connectivity index is 1.70. The van der Waals surface area contributed by atoms with E-state index in [9.17, 15) is 24.5 Å². The van der Waals surface area contributed by atoms with Crippen LogP contribution in [0.4, 0.5) is 5.69 Å². The summed E-state index contributed by atoms with van der Waals surface area (Å²) in [5, 5.41) is 13.6. The minimum Gasteiger partial charge on any atom is -0.350 e. The Morgan fingerprint density at radius 3 is 2.55 bits per heavy atom. The van der Waals surface area contributed by atoms with Crippen molar-refractivity contribution in [2.45, 2.75) is 32.7 Å². The van der Waals surface area contributed by atoms with Crippen molar-refractivity contribution < 1.29 is 19.3 Å². The molecule has 0 bridgehead atoms. The van der Waals surface area contributed by atoms with E-state index in [1.165, 1.54) is 12.4 Å². The van der Waals surface area contributed by atoms with Gasteiger partial charge < -0.3 is 5.32 Å². The van der Waals surface area contributed by atoms with Crippen LogP contribution in [0.15, 0.2) is 30.7 Å². The third-order valence-corrected chi connectivity index (χ3v) is 4.44. The lowest BCUT2D eigenvalue weighted by molar-refractivity contribution is -0.384. The number of imide groups is 1. The van der Waals surface area contributed by atoms with Crippen molar-refractivity contribution >= 4 is 23.4 Å². The number of nitrogens with one attached hydrogen (secondary N) is 1. The zero-order valence-corrected chi connectivity index (χ0v) is 16.1.